The molecule has 0 spiro atoms. The molecule has 0 fully saturated rings. The molecule has 0 aliphatic rings. The molecule has 3 aromatic rings. The second-order valence-electron chi connectivity index (χ2n) is 7.09. The van der Waals surface area contributed by atoms with E-state index in [1.54, 1.807) is 17.0 Å². The summed E-state index contributed by atoms with van der Waals surface area (Å²) in [6.07, 6.45) is 0.627. The zero-order valence-electron chi connectivity index (χ0n) is 16.7. The van der Waals surface area contributed by atoms with E-state index in [2.05, 4.69) is 0 Å². The Bertz CT molecular complexity index is 952. The summed E-state index contributed by atoms with van der Waals surface area (Å²) in [7, 11) is 0. The van der Waals surface area contributed by atoms with Crippen molar-refractivity contribution in [2.75, 3.05) is 11.5 Å². The molecule has 3 aromatic carbocycles. The number of carbonyl (C=O) groups excluding carboxylic acids is 2. The topological polar surface area (TPSA) is 46.6 Å². The van der Waals surface area contributed by atoms with Gasteiger partial charge in [0.1, 0.15) is 0 Å². The van der Waals surface area contributed by atoms with Crippen LogP contribution in [0.3, 0.4) is 0 Å². The number of carbonyl (C=O) groups is 2. The molecule has 29 heavy (non-hydrogen) atoms. The molecule has 3 rings (SSSR count). The van der Waals surface area contributed by atoms with Gasteiger partial charge in [0.15, 0.2) is 6.61 Å². The zero-order valence-corrected chi connectivity index (χ0v) is 16.7. The molecular weight excluding hydrogens is 362 g/mol. The standard InChI is InChI=1S/C25H25NO3/c1-19(2)26(22-14-7-4-8-15-22)24(27)18-29-25(28)23-16-10-9-13-21(23)17-20-11-5-3-6-12-20/h3-16,19H,17-18H2,1-2H3. The molecule has 0 bridgehead atoms. The fourth-order valence-corrected chi connectivity index (χ4v) is 3.28. The van der Waals surface area contributed by atoms with Crippen molar-refractivity contribution in [1.29, 1.82) is 0 Å². The molecule has 0 aromatic heterocycles. The first kappa shape index (κ1) is 20.3. The minimum absolute atomic E-state index is 0.0473. The van der Waals surface area contributed by atoms with E-state index < -0.39 is 5.97 Å². The Labute approximate surface area is 171 Å². The highest BCUT2D eigenvalue weighted by atomic mass is 16.5. The van der Waals surface area contributed by atoms with Crippen molar-refractivity contribution in [3.8, 4) is 0 Å². The number of anilines is 1. The first-order valence-electron chi connectivity index (χ1n) is 9.72. The third kappa shape index (κ3) is 5.32. The quantitative estimate of drug-likeness (QED) is 0.543. The number of para-hydroxylation sites is 1. The van der Waals surface area contributed by atoms with Gasteiger partial charge in [-0.2, -0.15) is 0 Å². The maximum atomic E-state index is 12.7. The van der Waals surface area contributed by atoms with Gasteiger partial charge in [-0.1, -0.05) is 66.7 Å². The minimum Gasteiger partial charge on any atom is -0.452 e. The predicted molar refractivity (Wildman–Crippen MR) is 115 cm³/mol. The van der Waals surface area contributed by atoms with Crippen LogP contribution in [0.5, 0.6) is 0 Å². The van der Waals surface area contributed by atoms with E-state index in [1.165, 1.54) is 0 Å². The number of amides is 1. The molecule has 0 aliphatic carbocycles. The monoisotopic (exact) mass is 387 g/mol. The minimum atomic E-state index is -0.485. The number of hydrogen-bond donors (Lipinski definition) is 0. The van der Waals surface area contributed by atoms with E-state index in [0.717, 1.165) is 16.8 Å². The molecule has 0 N–H and O–H groups in total. The number of rotatable bonds is 7. The fourth-order valence-electron chi connectivity index (χ4n) is 3.28. The van der Waals surface area contributed by atoms with Gasteiger partial charge in [-0.3, -0.25) is 4.79 Å². The molecule has 0 atom stereocenters. The normalized spacial score (nSPS) is 10.6. The Morgan fingerprint density at radius 2 is 1.41 bits per heavy atom. The highest BCUT2D eigenvalue weighted by Crippen LogP contribution is 2.18. The van der Waals surface area contributed by atoms with Gasteiger partial charge >= 0.3 is 5.97 Å². The predicted octanol–water partition coefficient (Wildman–Crippen LogP) is 4.88. The first-order valence-corrected chi connectivity index (χ1v) is 9.72. The average molecular weight is 387 g/mol. The zero-order chi connectivity index (χ0) is 20.6. The van der Waals surface area contributed by atoms with E-state index in [1.807, 2.05) is 86.6 Å². The number of hydrogen-bond acceptors (Lipinski definition) is 3. The van der Waals surface area contributed by atoms with Crippen LogP contribution in [-0.4, -0.2) is 24.5 Å². The lowest BCUT2D eigenvalue weighted by molar-refractivity contribution is -0.122. The molecule has 0 aliphatic heterocycles. The lowest BCUT2D eigenvalue weighted by atomic mass is 10.00. The molecule has 4 nitrogen and oxygen atoms in total. The van der Waals surface area contributed by atoms with Crippen molar-refractivity contribution in [3.05, 3.63) is 102 Å². The molecule has 1 amide bonds. The van der Waals surface area contributed by atoms with E-state index in [9.17, 15) is 9.59 Å². The van der Waals surface area contributed by atoms with Gasteiger partial charge in [-0.15, -0.1) is 0 Å². The summed E-state index contributed by atoms with van der Waals surface area (Å²) in [5, 5.41) is 0. The van der Waals surface area contributed by atoms with Crippen molar-refractivity contribution in [2.24, 2.45) is 0 Å². The number of ether oxygens (including phenoxy) is 1. The Morgan fingerprint density at radius 1 is 0.828 bits per heavy atom. The van der Waals surface area contributed by atoms with Crippen LogP contribution in [0.1, 0.15) is 35.3 Å². The maximum Gasteiger partial charge on any atom is 0.338 e. The fraction of sp³-hybridized carbons (Fsp3) is 0.200. The van der Waals surface area contributed by atoms with Crippen LogP contribution in [0.25, 0.3) is 0 Å². The molecule has 148 valence electrons. The van der Waals surface area contributed by atoms with Gasteiger partial charge in [0.25, 0.3) is 5.91 Å². The van der Waals surface area contributed by atoms with Crippen LogP contribution in [0.2, 0.25) is 0 Å². The number of esters is 1. The van der Waals surface area contributed by atoms with E-state index in [0.29, 0.717) is 12.0 Å². The van der Waals surface area contributed by atoms with Crippen molar-refractivity contribution >= 4 is 17.6 Å². The van der Waals surface area contributed by atoms with Crippen molar-refractivity contribution in [1.82, 2.24) is 0 Å². The summed E-state index contributed by atoms with van der Waals surface area (Å²) in [6, 6.07) is 26.6. The summed E-state index contributed by atoms with van der Waals surface area (Å²) in [4.78, 5) is 27.1. The highest BCUT2D eigenvalue weighted by Gasteiger charge is 2.21. The van der Waals surface area contributed by atoms with E-state index in [4.69, 9.17) is 4.74 Å². The summed E-state index contributed by atoms with van der Waals surface area (Å²) in [6.45, 7) is 3.56. The third-order valence-corrected chi connectivity index (χ3v) is 4.62. The van der Waals surface area contributed by atoms with E-state index >= 15 is 0 Å². The Balaban J connectivity index is 1.70. The second-order valence-corrected chi connectivity index (χ2v) is 7.09. The average Bonchev–Trinajstić information content (AvgIpc) is 2.74. The number of nitrogens with zero attached hydrogens (tertiary/aromatic N) is 1. The molecule has 0 unspecified atom stereocenters. The van der Waals surface area contributed by atoms with Crippen LogP contribution in [0.4, 0.5) is 5.69 Å². The van der Waals surface area contributed by atoms with Gasteiger partial charge in [-0.05, 0) is 49.6 Å². The lowest BCUT2D eigenvalue weighted by Crippen LogP contribution is -2.39. The molecular formula is C25H25NO3. The van der Waals surface area contributed by atoms with Gasteiger partial charge in [-0.25, -0.2) is 4.79 Å². The Kier molecular flexibility index (Phi) is 6.80. The molecule has 0 saturated heterocycles. The van der Waals surface area contributed by atoms with Gasteiger partial charge in [0.05, 0.1) is 5.56 Å². The van der Waals surface area contributed by atoms with Crippen LogP contribution < -0.4 is 4.90 Å². The Morgan fingerprint density at radius 3 is 2.07 bits per heavy atom. The SMILES string of the molecule is CC(C)N(C(=O)COC(=O)c1ccccc1Cc1ccccc1)c1ccccc1. The number of benzene rings is 3. The van der Waals surface area contributed by atoms with Crippen LogP contribution in [0, 0.1) is 0 Å². The van der Waals surface area contributed by atoms with Gasteiger partial charge in [0, 0.05) is 11.7 Å². The molecule has 0 saturated carbocycles. The van der Waals surface area contributed by atoms with Crippen molar-refractivity contribution in [2.45, 2.75) is 26.3 Å². The molecule has 4 heteroatoms. The Hall–Kier alpha value is -3.40. The van der Waals surface area contributed by atoms with E-state index in [-0.39, 0.29) is 18.6 Å². The molecule has 0 radical (unpaired) electrons. The lowest BCUT2D eigenvalue weighted by Gasteiger charge is -2.26. The molecule has 0 heterocycles. The summed E-state index contributed by atoms with van der Waals surface area (Å²) < 4.78 is 5.39. The van der Waals surface area contributed by atoms with Gasteiger partial charge < -0.3 is 9.64 Å². The van der Waals surface area contributed by atoms with Crippen LogP contribution in [0.15, 0.2) is 84.9 Å². The van der Waals surface area contributed by atoms with Crippen molar-refractivity contribution in [3.63, 3.8) is 0 Å². The summed E-state index contributed by atoms with van der Waals surface area (Å²) in [5.74, 6) is -0.735. The second kappa shape index (κ2) is 9.69. The van der Waals surface area contributed by atoms with Crippen LogP contribution in [-0.2, 0) is 16.0 Å². The summed E-state index contributed by atoms with van der Waals surface area (Å²) >= 11 is 0. The summed E-state index contributed by atoms with van der Waals surface area (Å²) in [5.41, 5.74) is 3.26. The largest absolute Gasteiger partial charge is 0.452 e. The third-order valence-electron chi connectivity index (χ3n) is 4.62. The van der Waals surface area contributed by atoms with Crippen molar-refractivity contribution < 1.29 is 14.3 Å². The highest BCUT2D eigenvalue weighted by molar-refractivity contribution is 5.97. The maximum absolute atomic E-state index is 12.7. The first-order chi connectivity index (χ1) is 14.1. The van der Waals surface area contributed by atoms with Gasteiger partial charge in [0.2, 0.25) is 0 Å². The smallest absolute Gasteiger partial charge is 0.338 e. The van der Waals surface area contributed by atoms with Crippen LogP contribution >= 0.6 is 0 Å².